The lowest BCUT2D eigenvalue weighted by molar-refractivity contribution is -0.0174. The highest BCUT2D eigenvalue weighted by molar-refractivity contribution is 5.45. The molecule has 4 bridgehead atoms. The fraction of sp³-hybridized carbons (Fsp3) is 0.733. The zero-order valence-electron chi connectivity index (χ0n) is 11.3. The third kappa shape index (κ3) is 1.54. The minimum atomic E-state index is 0.134. The van der Waals surface area contributed by atoms with E-state index in [0.29, 0.717) is 11.6 Å². The SMILES string of the molecule is CNc1oc(C23CC4CC(CC(C4)C2)C3)nc1C#N. The van der Waals surface area contributed by atoms with Gasteiger partial charge >= 0.3 is 0 Å². The van der Waals surface area contributed by atoms with Gasteiger partial charge in [0.2, 0.25) is 17.5 Å². The van der Waals surface area contributed by atoms with E-state index in [0.717, 1.165) is 23.6 Å². The van der Waals surface area contributed by atoms with Gasteiger partial charge in [-0.1, -0.05) is 0 Å². The van der Waals surface area contributed by atoms with Crippen molar-refractivity contribution in [3.05, 3.63) is 11.6 Å². The van der Waals surface area contributed by atoms with Crippen molar-refractivity contribution in [2.24, 2.45) is 17.8 Å². The van der Waals surface area contributed by atoms with Gasteiger partial charge in [-0.2, -0.15) is 10.2 Å². The van der Waals surface area contributed by atoms with Crippen molar-refractivity contribution in [1.82, 2.24) is 4.98 Å². The Morgan fingerprint density at radius 1 is 1.21 bits per heavy atom. The highest BCUT2D eigenvalue weighted by Gasteiger charge is 2.54. The lowest BCUT2D eigenvalue weighted by Gasteiger charge is -2.55. The van der Waals surface area contributed by atoms with Crippen molar-refractivity contribution in [3.63, 3.8) is 0 Å². The van der Waals surface area contributed by atoms with Crippen LogP contribution in [0.2, 0.25) is 0 Å². The number of aromatic nitrogens is 1. The summed E-state index contributed by atoms with van der Waals surface area (Å²) in [6.07, 6.45) is 7.87. The molecule has 5 rings (SSSR count). The smallest absolute Gasteiger partial charge is 0.231 e. The van der Waals surface area contributed by atoms with Gasteiger partial charge in [0.15, 0.2) is 0 Å². The second kappa shape index (κ2) is 3.75. The zero-order chi connectivity index (χ0) is 13.0. The van der Waals surface area contributed by atoms with Crippen LogP contribution in [-0.4, -0.2) is 12.0 Å². The Kier molecular flexibility index (Phi) is 2.24. The van der Waals surface area contributed by atoms with Crippen LogP contribution < -0.4 is 5.32 Å². The molecule has 100 valence electrons. The highest BCUT2D eigenvalue weighted by Crippen LogP contribution is 2.60. The summed E-state index contributed by atoms with van der Waals surface area (Å²) in [5.41, 5.74) is 0.545. The minimum Gasteiger partial charge on any atom is -0.423 e. The maximum atomic E-state index is 9.13. The fourth-order valence-corrected chi connectivity index (χ4v) is 5.16. The van der Waals surface area contributed by atoms with Crippen molar-refractivity contribution in [2.75, 3.05) is 12.4 Å². The summed E-state index contributed by atoms with van der Waals surface area (Å²) in [6, 6.07) is 2.13. The van der Waals surface area contributed by atoms with E-state index in [9.17, 15) is 0 Å². The second-order valence-corrected chi connectivity index (χ2v) is 6.76. The molecule has 0 aromatic carbocycles. The third-order valence-electron chi connectivity index (χ3n) is 5.45. The molecule has 4 nitrogen and oxygen atoms in total. The van der Waals surface area contributed by atoms with E-state index in [1.165, 1.54) is 38.5 Å². The van der Waals surface area contributed by atoms with Gasteiger partial charge in [0.25, 0.3) is 0 Å². The van der Waals surface area contributed by atoms with E-state index in [1.54, 1.807) is 7.05 Å². The van der Waals surface area contributed by atoms with Gasteiger partial charge in [-0.25, -0.2) is 0 Å². The molecule has 0 unspecified atom stereocenters. The average molecular weight is 257 g/mol. The second-order valence-electron chi connectivity index (χ2n) is 6.76. The van der Waals surface area contributed by atoms with Crippen molar-refractivity contribution in [1.29, 1.82) is 5.26 Å². The van der Waals surface area contributed by atoms with E-state index >= 15 is 0 Å². The van der Waals surface area contributed by atoms with Crippen LogP contribution in [0.25, 0.3) is 0 Å². The quantitative estimate of drug-likeness (QED) is 0.884. The van der Waals surface area contributed by atoms with Crippen molar-refractivity contribution in [2.45, 2.75) is 43.9 Å². The van der Waals surface area contributed by atoms with Crippen LogP contribution in [0.15, 0.2) is 4.42 Å². The molecule has 1 heterocycles. The van der Waals surface area contributed by atoms with Gasteiger partial charge in [-0.3, -0.25) is 0 Å². The molecule has 4 aliphatic carbocycles. The first-order valence-electron chi connectivity index (χ1n) is 7.31. The lowest BCUT2D eigenvalue weighted by atomic mass is 9.49. The molecule has 0 spiro atoms. The van der Waals surface area contributed by atoms with E-state index in [-0.39, 0.29) is 5.41 Å². The first kappa shape index (κ1) is 11.3. The Hall–Kier alpha value is -1.50. The highest BCUT2D eigenvalue weighted by atomic mass is 16.4. The Bertz CT molecular complexity index is 519. The maximum Gasteiger partial charge on any atom is 0.231 e. The molecule has 1 aromatic heterocycles. The number of nitriles is 1. The Morgan fingerprint density at radius 2 is 1.79 bits per heavy atom. The van der Waals surface area contributed by atoms with Gasteiger partial charge in [-0.05, 0) is 56.3 Å². The summed E-state index contributed by atoms with van der Waals surface area (Å²) in [7, 11) is 1.78. The first-order valence-corrected chi connectivity index (χ1v) is 7.31. The van der Waals surface area contributed by atoms with Crippen LogP contribution in [0, 0.1) is 29.1 Å². The van der Waals surface area contributed by atoms with Gasteiger partial charge in [0.1, 0.15) is 6.07 Å². The van der Waals surface area contributed by atoms with E-state index in [2.05, 4.69) is 16.4 Å². The monoisotopic (exact) mass is 257 g/mol. The summed E-state index contributed by atoms with van der Waals surface area (Å²) < 4.78 is 5.89. The maximum absolute atomic E-state index is 9.13. The molecule has 0 radical (unpaired) electrons. The molecule has 4 fully saturated rings. The van der Waals surface area contributed by atoms with Gasteiger partial charge in [0.05, 0.1) is 0 Å². The van der Waals surface area contributed by atoms with Crippen molar-refractivity contribution >= 4 is 5.88 Å². The molecule has 0 atom stereocenters. The molecule has 4 aliphatic rings. The molecule has 19 heavy (non-hydrogen) atoms. The Balaban J connectivity index is 1.75. The lowest BCUT2D eigenvalue weighted by Crippen LogP contribution is -2.48. The van der Waals surface area contributed by atoms with Crippen LogP contribution in [-0.2, 0) is 5.41 Å². The van der Waals surface area contributed by atoms with Crippen LogP contribution in [0.3, 0.4) is 0 Å². The standard InChI is InChI=1S/C15H19N3O/c1-17-13-12(8-16)18-14(19-13)15-5-9-2-10(6-15)4-11(3-9)7-15/h9-11,17H,2-7H2,1H3. The molecular formula is C15H19N3O. The largest absolute Gasteiger partial charge is 0.423 e. The summed E-state index contributed by atoms with van der Waals surface area (Å²) in [5.74, 6) is 3.95. The molecule has 4 saturated carbocycles. The first-order chi connectivity index (χ1) is 9.22. The zero-order valence-corrected chi connectivity index (χ0v) is 11.3. The number of nitrogens with one attached hydrogen (secondary N) is 1. The van der Waals surface area contributed by atoms with Crippen LogP contribution in [0.4, 0.5) is 5.88 Å². The molecule has 1 N–H and O–H groups in total. The average Bonchev–Trinajstić information content (AvgIpc) is 2.81. The number of hydrogen-bond acceptors (Lipinski definition) is 4. The van der Waals surface area contributed by atoms with Gasteiger partial charge < -0.3 is 9.73 Å². The molecule has 0 aliphatic heterocycles. The fourth-order valence-electron chi connectivity index (χ4n) is 5.16. The normalized spacial score (nSPS) is 39.3. The molecular weight excluding hydrogens is 238 g/mol. The van der Waals surface area contributed by atoms with E-state index in [4.69, 9.17) is 9.68 Å². The number of oxazole rings is 1. The number of nitrogens with zero attached hydrogens (tertiary/aromatic N) is 2. The van der Waals surface area contributed by atoms with Crippen molar-refractivity contribution < 1.29 is 4.42 Å². The Labute approximate surface area is 113 Å². The molecule has 0 amide bonds. The number of hydrogen-bond donors (Lipinski definition) is 1. The molecule has 4 heteroatoms. The summed E-state index contributed by atoms with van der Waals surface area (Å²) in [4.78, 5) is 4.50. The van der Waals surface area contributed by atoms with E-state index in [1.807, 2.05) is 0 Å². The predicted molar refractivity (Wildman–Crippen MR) is 70.6 cm³/mol. The summed E-state index contributed by atoms with van der Waals surface area (Å²) in [6.45, 7) is 0. The van der Waals surface area contributed by atoms with Crippen LogP contribution in [0.1, 0.15) is 50.1 Å². The predicted octanol–water partition coefficient (Wildman–Crippen LogP) is 3.06. The van der Waals surface area contributed by atoms with Crippen LogP contribution in [0.5, 0.6) is 0 Å². The molecule has 0 saturated heterocycles. The topological polar surface area (TPSA) is 61.9 Å². The number of anilines is 1. The van der Waals surface area contributed by atoms with Crippen molar-refractivity contribution in [3.8, 4) is 6.07 Å². The summed E-state index contributed by atoms with van der Waals surface area (Å²) >= 11 is 0. The van der Waals surface area contributed by atoms with E-state index < -0.39 is 0 Å². The Morgan fingerprint density at radius 3 is 2.21 bits per heavy atom. The number of rotatable bonds is 2. The third-order valence-corrected chi connectivity index (χ3v) is 5.45. The molecule has 1 aromatic rings. The van der Waals surface area contributed by atoms with Crippen LogP contribution >= 0.6 is 0 Å². The summed E-state index contributed by atoms with van der Waals surface area (Å²) in [5, 5.41) is 12.1. The van der Waals surface area contributed by atoms with Gasteiger partial charge in [0, 0.05) is 12.5 Å². The van der Waals surface area contributed by atoms with Gasteiger partial charge in [-0.15, -0.1) is 0 Å². The minimum absolute atomic E-state index is 0.134.